The molecule has 0 aliphatic carbocycles. The van der Waals surface area contributed by atoms with Crippen LogP contribution in [0.15, 0.2) is 89.9 Å². The number of hydrogen-bond donors (Lipinski definition) is 2. The summed E-state index contributed by atoms with van der Waals surface area (Å²) in [5, 5.41) is 4.90. The van der Waals surface area contributed by atoms with Crippen molar-refractivity contribution in [1.29, 1.82) is 0 Å². The van der Waals surface area contributed by atoms with Gasteiger partial charge < -0.3 is 42.8 Å². The number of para-hydroxylation sites is 1. The Hall–Kier alpha value is -7.74. The van der Waals surface area contributed by atoms with E-state index < -0.39 is 91.5 Å². The maximum atomic E-state index is 15.6. The van der Waals surface area contributed by atoms with Gasteiger partial charge in [0, 0.05) is 14.6 Å². The molecule has 0 radical (unpaired) electrons. The molecular formula is C60H78N4O15Si. The van der Waals surface area contributed by atoms with Crippen LogP contribution in [0.3, 0.4) is 0 Å². The van der Waals surface area contributed by atoms with Crippen LogP contribution in [0.2, 0.25) is 25.7 Å². The number of esters is 4. The molecule has 0 aromatic heterocycles. The highest BCUT2D eigenvalue weighted by molar-refractivity contribution is 6.76. The summed E-state index contributed by atoms with van der Waals surface area (Å²) >= 11 is 0. The Balaban J connectivity index is 1.60. The fourth-order valence-corrected chi connectivity index (χ4v) is 8.43. The molecule has 0 fully saturated rings. The van der Waals surface area contributed by atoms with Crippen LogP contribution < -0.4 is 24.8 Å². The topological polar surface area (TPSA) is 233 Å². The second kappa shape index (κ2) is 26.5. The average Bonchev–Trinajstić information content (AvgIpc) is 3.30. The van der Waals surface area contributed by atoms with Gasteiger partial charge >= 0.3 is 36.1 Å². The molecule has 80 heavy (non-hydrogen) atoms. The summed E-state index contributed by atoms with van der Waals surface area (Å²) in [5.41, 5.74) is -1.79. The SMILES string of the molecule is CC(C)(C)OC(=O)CC(C(=O)OC(C)(C)C)N(Cc1cc(OCc2ccccc2)cc(C(=O)OCC[Si](C)(C)C)c1)C(=O)c1cccc2c1OCCCc1cc(N=C(NC(=O)OC(C)(C)C)NC(=O)OC(C)(C)C)ccc1C(=O)O2. The van der Waals surface area contributed by atoms with Gasteiger partial charge in [0.1, 0.15) is 40.8 Å². The zero-order valence-corrected chi connectivity index (χ0v) is 49.8. The largest absolute Gasteiger partial charge is 0.489 e. The van der Waals surface area contributed by atoms with Gasteiger partial charge in [-0.05, 0) is 167 Å². The van der Waals surface area contributed by atoms with E-state index in [0.717, 1.165) is 16.5 Å². The van der Waals surface area contributed by atoms with Crippen molar-refractivity contribution in [1.82, 2.24) is 15.5 Å². The highest BCUT2D eigenvalue weighted by Crippen LogP contribution is 2.36. The number of nitrogens with zero attached hydrogens (tertiary/aromatic N) is 2. The lowest BCUT2D eigenvalue weighted by atomic mass is 10.0. The number of rotatable bonds is 15. The molecular weight excluding hydrogens is 1040 g/mol. The van der Waals surface area contributed by atoms with E-state index in [1.54, 1.807) is 101 Å². The van der Waals surface area contributed by atoms with Crippen LogP contribution in [0.1, 0.15) is 144 Å². The van der Waals surface area contributed by atoms with Gasteiger partial charge in [-0.25, -0.2) is 29.0 Å². The summed E-state index contributed by atoms with van der Waals surface area (Å²) in [5.74, 6) is -4.32. The first-order valence-corrected chi connectivity index (χ1v) is 30.2. The third-order valence-corrected chi connectivity index (χ3v) is 12.7. The number of carbonyl (C=O) groups excluding carboxylic acids is 7. The molecule has 3 amide bonds. The van der Waals surface area contributed by atoms with Gasteiger partial charge in [-0.3, -0.25) is 20.2 Å². The van der Waals surface area contributed by atoms with E-state index in [4.69, 9.17) is 37.9 Å². The first kappa shape index (κ1) is 63.1. The maximum Gasteiger partial charge on any atom is 0.414 e. The van der Waals surface area contributed by atoms with Crippen molar-refractivity contribution in [3.8, 4) is 17.2 Å². The first-order valence-electron chi connectivity index (χ1n) is 26.5. The molecule has 1 aliphatic heterocycles. The molecule has 0 saturated heterocycles. The van der Waals surface area contributed by atoms with Crippen LogP contribution in [-0.4, -0.2) is 103 Å². The summed E-state index contributed by atoms with van der Waals surface area (Å²) < 4.78 is 46.8. The Bertz CT molecular complexity index is 2890. The minimum Gasteiger partial charge on any atom is -0.489 e. The Labute approximate surface area is 470 Å². The van der Waals surface area contributed by atoms with E-state index in [9.17, 15) is 28.8 Å². The van der Waals surface area contributed by atoms with Crippen LogP contribution in [-0.2, 0) is 52.8 Å². The molecule has 0 spiro atoms. The Morgan fingerprint density at radius 2 is 1.34 bits per heavy atom. The number of amides is 3. The van der Waals surface area contributed by atoms with Crippen molar-refractivity contribution in [3.63, 3.8) is 0 Å². The Morgan fingerprint density at radius 3 is 1.94 bits per heavy atom. The number of hydrogen-bond acceptors (Lipinski definition) is 16. The zero-order valence-electron chi connectivity index (χ0n) is 48.8. The van der Waals surface area contributed by atoms with Crippen molar-refractivity contribution in [3.05, 3.63) is 118 Å². The normalized spacial score (nSPS) is 13.3. The molecule has 4 aromatic carbocycles. The van der Waals surface area contributed by atoms with Crippen molar-refractivity contribution in [2.24, 2.45) is 4.99 Å². The number of fused-ring (bicyclic) bond motifs is 2. The lowest BCUT2D eigenvalue weighted by Crippen LogP contribution is -2.48. The number of aryl methyl sites for hydroxylation is 1. The van der Waals surface area contributed by atoms with Crippen LogP contribution in [0, 0.1) is 0 Å². The molecule has 0 saturated carbocycles. The standard InChI is InChI=1S/C60H78N4O15Si/c1-57(2,3)76-48(65)35-46(53(69)77-58(4,5)6)64(36-39-31-41(51(67)73-29-30-80(13,14)15)34-43(32-39)74-37-38-21-17-16-18-22-38)50(66)45-24-19-25-47-49(45)72-28-20-23-40-33-42(26-27-44(40)52(68)75-47)61-54(62-55(70)78-59(7,8)9)63-56(71)79-60(10,11)12/h16-19,21-22,24-27,31-34,46H,20,23,28-30,35-37H2,1-15H3,(H2,61,62,63,70,71). The highest BCUT2D eigenvalue weighted by atomic mass is 28.3. The van der Waals surface area contributed by atoms with E-state index in [0.29, 0.717) is 11.1 Å². The number of aliphatic imine (C=N–C) groups is 1. The lowest BCUT2D eigenvalue weighted by molar-refractivity contribution is -0.167. The number of alkyl carbamates (subject to hydrolysis) is 2. The molecule has 4 aromatic rings. The number of benzene rings is 4. The van der Waals surface area contributed by atoms with Crippen molar-refractivity contribution in [2.75, 3.05) is 13.2 Å². The Morgan fingerprint density at radius 1 is 0.713 bits per heavy atom. The van der Waals surface area contributed by atoms with Crippen molar-refractivity contribution >= 4 is 61.7 Å². The fraction of sp³-hybridized carbons (Fsp3) is 0.467. The van der Waals surface area contributed by atoms with E-state index >= 15 is 4.79 Å². The summed E-state index contributed by atoms with van der Waals surface area (Å²) in [6.45, 7) is 26.4. The maximum absolute atomic E-state index is 15.6. The van der Waals surface area contributed by atoms with Gasteiger partial charge in [-0.15, -0.1) is 0 Å². The molecule has 432 valence electrons. The third kappa shape index (κ3) is 21.1. The van der Waals surface area contributed by atoms with Crippen LogP contribution in [0.25, 0.3) is 0 Å². The van der Waals surface area contributed by atoms with Gasteiger partial charge in [0.15, 0.2) is 11.5 Å². The van der Waals surface area contributed by atoms with Gasteiger partial charge in [-0.2, -0.15) is 0 Å². The van der Waals surface area contributed by atoms with Gasteiger partial charge in [0.05, 0.1) is 42.0 Å². The summed E-state index contributed by atoms with van der Waals surface area (Å²) in [7, 11) is -1.60. The predicted octanol–water partition coefficient (Wildman–Crippen LogP) is 11.4. The van der Waals surface area contributed by atoms with Gasteiger partial charge in [-0.1, -0.05) is 56.0 Å². The molecule has 5 rings (SSSR count). The number of nitrogens with one attached hydrogen (secondary N) is 2. The van der Waals surface area contributed by atoms with Crippen molar-refractivity contribution in [2.45, 2.75) is 170 Å². The summed E-state index contributed by atoms with van der Waals surface area (Å²) in [4.78, 5) is 103. The van der Waals surface area contributed by atoms with Gasteiger partial charge in [0.2, 0.25) is 5.96 Å². The number of carbonyl (C=O) groups is 7. The molecule has 1 unspecified atom stereocenters. The molecule has 1 heterocycles. The molecule has 19 nitrogen and oxygen atoms in total. The molecule has 1 atom stereocenters. The molecule has 1 aliphatic rings. The quantitative estimate of drug-likeness (QED) is 0.0281. The summed E-state index contributed by atoms with van der Waals surface area (Å²) in [6, 6.07) is 22.1. The van der Waals surface area contributed by atoms with Gasteiger partial charge in [0.25, 0.3) is 5.91 Å². The van der Waals surface area contributed by atoms with Crippen molar-refractivity contribution < 1.29 is 71.5 Å². The third-order valence-electron chi connectivity index (χ3n) is 11.0. The molecule has 2 N–H and O–H groups in total. The van der Waals surface area contributed by atoms with E-state index in [1.807, 2.05) is 30.3 Å². The van der Waals surface area contributed by atoms with E-state index in [1.165, 1.54) is 36.4 Å². The molecule has 20 heteroatoms. The smallest absolute Gasteiger partial charge is 0.414 e. The Kier molecular flexibility index (Phi) is 20.9. The van der Waals surface area contributed by atoms with Crippen LogP contribution in [0.4, 0.5) is 15.3 Å². The predicted molar refractivity (Wildman–Crippen MR) is 303 cm³/mol. The van der Waals surface area contributed by atoms with Crippen LogP contribution >= 0.6 is 0 Å². The fourth-order valence-electron chi connectivity index (χ4n) is 7.71. The molecule has 0 bridgehead atoms. The van der Waals surface area contributed by atoms with E-state index in [-0.39, 0.29) is 78.2 Å². The zero-order chi connectivity index (χ0) is 59.4. The monoisotopic (exact) mass is 1120 g/mol. The van der Waals surface area contributed by atoms with E-state index in [2.05, 4.69) is 35.3 Å². The lowest BCUT2D eigenvalue weighted by Gasteiger charge is -2.33. The number of guanidine groups is 1. The average molecular weight is 1120 g/mol. The second-order valence-corrected chi connectivity index (χ2v) is 30.0. The minimum atomic E-state index is -1.63. The van der Waals surface area contributed by atoms with Crippen LogP contribution in [0.5, 0.6) is 17.2 Å². The summed E-state index contributed by atoms with van der Waals surface area (Å²) in [6.07, 6.45) is -1.93. The minimum absolute atomic E-state index is 0.0230. The first-order chi connectivity index (χ1) is 37.1. The number of ether oxygens (including phenoxy) is 8. The highest BCUT2D eigenvalue weighted by Gasteiger charge is 2.39. The second-order valence-electron chi connectivity index (χ2n) is 24.4.